The Bertz CT molecular complexity index is 1110. The topological polar surface area (TPSA) is 38.9 Å². The zero-order chi connectivity index (χ0) is 17.2. The van der Waals surface area contributed by atoms with Gasteiger partial charge in [-0.2, -0.15) is 0 Å². The van der Waals surface area contributed by atoms with E-state index >= 15 is 0 Å². The summed E-state index contributed by atoms with van der Waals surface area (Å²) >= 11 is 13.9. The molecule has 0 saturated carbocycles. The number of aromatic nitrogens is 2. The smallest absolute Gasteiger partial charge is 0.200 e. The Morgan fingerprint density at radius 3 is 2.80 bits per heavy atom. The van der Waals surface area contributed by atoms with Gasteiger partial charge in [0.1, 0.15) is 5.52 Å². The fraction of sp³-hybridized carbons (Fsp3) is 0.0526. The summed E-state index contributed by atoms with van der Waals surface area (Å²) in [5, 5.41) is 3.87. The van der Waals surface area contributed by atoms with Crippen molar-refractivity contribution in [3.05, 3.63) is 80.0 Å². The van der Waals surface area contributed by atoms with Crippen molar-refractivity contribution in [2.45, 2.75) is 6.42 Å². The summed E-state index contributed by atoms with van der Waals surface area (Å²) in [5.41, 5.74) is 2.95. The lowest BCUT2D eigenvalue weighted by molar-refractivity contribution is 0.543. The van der Waals surface area contributed by atoms with Crippen LogP contribution >= 0.6 is 34.5 Å². The number of benzene rings is 2. The molecule has 0 N–H and O–H groups in total. The van der Waals surface area contributed by atoms with Gasteiger partial charge in [0, 0.05) is 21.6 Å². The molecule has 25 heavy (non-hydrogen) atoms. The number of fused-ring (bicyclic) bond motifs is 1. The van der Waals surface area contributed by atoms with Crippen molar-refractivity contribution < 1.29 is 4.42 Å². The van der Waals surface area contributed by atoms with E-state index in [1.807, 2.05) is 29.6 Å². The summed E-state index contributed by atoms with van der Waals surface area (Å²) in [4.78, 5) is 8.68. The minimum atomic E-state index is 0.505. The third-order valence-electron chi connectivity index (χ3n) is 3.54. The number of nitrogens with zero attached hydrogens (tertiary/aromatic N) is 2. The largest absolute Gasteiger partial charge is 0.439 e. The lowest BCUT2D eigenvalue weighted by Gasteiger charge is -1.99. The van der Waals surface area contributed by atoms with Crippen molar-refractivity contribution in [2.24, 2.45) is 0 Å². The second-order valence-electron chi connectivity index (χ2n) is 5.26. The molecule has 0 aliphatic heterocycles. The van der Waals surface area contributed by atoms with Crippen molar-refractivity contribution in [3.63, 3.8) is 0 Å². The summed E-state index contributed by atoms with van der Waals surface area (Å²) in [7, 11) is 0. The number of oxazole rings is 1. The predicted molar refractivity (Wildman–Crippen MR) is 101 cm³/mol. The molecule has 2 aromatic heterocycles. The van der Waals surface area contributed by atoms with Gasteiger partial charge in [-0.1, -0.05) is 47.3 Å². The zero-order valence-corrected chi connectivity index (χ0v) is 15.1. The van der Waals surface area contributed by atoms with Gasteiger partial charge < -0.3 is 4.42 Å². The van der Waals surface area contributed by atoms with Crippen LogP contribution in [0.3, 0.4) is 0 Å². The van der Waals surface area contributed by atoms with Crippen LogP contribution in [0.1, 0.15) is 22.0 Å². The SMILES string of the molecule is Clc1cc(C#Cc2nccs2)c2oc(Cc3ccccc3Cl)nc2c1. The Morgan fingerprint density at radius 1 is 1.12 bits per heavy atom. The van der Waals surface area contributed by atoms with Crippen LogP contribution in [0.5, 0.6) is 0 Å². The minimum absolute atomic E-state index is 0.505. The van der Waals surface area contributed by atoms with Gasteiger partial charge in [-0.05, 0) is 29.7 Å². The van der Waals surface area contributed by atoms with Gasteiger partial charge >= 0.3 is 0 Å². The fourth-order valence-electron chi connectivity index (χ4n) is 2.42. The molecule has 0 spiro atoms. The van der Waals surface area contributed by atoms with Crippen LogP contribution in [0.2, 0.25) is 10.0 Å². The highest BCUT2D eigenvalue weighted by Gasteiger charge is 2.12. The van der Waals surface area contributed by atoms with Crippen molar-refractivity contribution in [2.75, 3.05) is 0 Å². The maximum absolute atomic E-state index is 6.22. The summed E-state index contributed by atoms with van der Waals surface area (Å²) in [6.07, 6.45) is 2.23. The summed E-state index contributed by atoms with van der Waals surface area (Å²) in [6, 6.07) is 11.2. The van der Waals surface area contributed by atoms with Crippen LogP contribution in [0.4, 0.5) is 0 Å². The quantitative estimate of drug-likeness (QED) is 0.423. The number of halogens is 2. The molecular weight excluding hydrogens is 375 g/mol. The lowest BCUT2D eigenvalue weighted by atomic mass is 10.1. The first-order valence-corrected chi connectivity index (χ1v) is 9.06. The van der Waals surface area contributed by atoms with Crippen molar-refractivity contribution >= 4 is 45.6 Å². The molecule has 122 valence electrons. The third kappa shape index (κ3) is 3.54. The molecule has 0 amide bonds. The molecule has 0 unspecified atom stereocenters. The van der Waals surface area contributed by atoms with Crippen LogP contribution in [0, 0.1) is 11.8 Å². The molecule has 0 atom stereocenters. The van der Waals surface area contributed by atoms with E-state index < -0.39 is 0 Å². The first-order chi connectivity index (χ1) is 12.2. The fourth-order valence-corrected chi connectivity index (χ4v) is 3.32. The summed E-state index contributed by atoms with van der Waals surface area (Å²) in [6.45, 7) is 0. The molecule has 6 heteroatoms. The number of thiazole rings is 1. The third-order valence-corrected chi connectivity index (χ3v) is 4.81. The van der Waals surface area contributed by atoms with E-state index in [2.05, 4.69) is 21.8 Å². The van der Waals surface area contributed by atoms with E-state index in [1.54, 1.807) is 18.3 Å². The van der Waals surface area contributed by atoms with E-state index in [0.717, 1.165) is 10.6 Å². The van der Waals surface area contributed by atoms with Gasteiger partial charge in [-0.3, -0.25) is 0 Å². The van der Waals surface area contributed by atoms with Crippen LogP contribution in [0.25, 0.3) is 11.1 Å². The van der Waals surface area contributed by atoms with Crippen LogP contribution in [-0.4, -0.2) is 9.97 Å². The second kappa shape index (κ2) is 6.89. The van der Waals surface area contributed by atoms with E-state index in [-0.39, 0.29) is 0 Å². The Balaban J connectivity index is 1.75. The molecule has 0 radical (unpaired) electrons. The Morgan fingerprint density at radius 2 is 2.00 bits per heavy atom. The molecule has 0 saturated heterocycles. The monoisotopic (exact) mass is 384 g/mol. The average molecular weight is 385 g/mol. The van der Waals surface area contributed by atoms with E-state index in [1.165, 1.54) is 11.3 Å². The molecule has 2 heterocycles. The Labute approximate surface area is 158 Å². The van der Waals surface area contributed by atoms with Crippen molar-refractivity contribution in [1.29, 1.82) is 0 Å². The number of hydrogen-bond donors (Lipinski definition) is 0. The van der Waals surface area contributed by atoms with Gasteiger partial charge in [0.2, 0.25) is 0 Å². The maximum Gasteiger partial charge on any atom is 0.200 e. The molecule has 0 aliphatic carbocycles. The van der Waals surface area contributed by atoms with Crippen LogP contribution in [0.15, 0.2) is 52.4 Å². The van der Waals surface area contributed by atoms with Crippen molar-refractivity contribution in [1.82, 2.24) is 9.97 Å². The highest BCUT2D eigenvalue weighted by Crippen LogP contribution is 2.26. The Hall–Kier alpha value is -2.32. The minimum Gasteiger partial charge on any atom is -0.439 e. The highest BCUT2D eigenvalue weighted by atomic mass is 35.5. The molecule has 0 aliphatic rings. The molecule has 4 aromatic rings. The first kappa shape index (κ1) is 16.2. The molecule has 3 nitrogen and oxygen atoms in total. The maximum atomic E-state index is 6.22. The average Bonchev–Trinajstić information content (AvgIpc) is 3.24. The van der Waals surface area contributed by atoms with E-state index in [0.29, 0.717) is 39.0 Å². The van der Waals surface area contributed by atoms with E-state index in [9.17, 15) is 0 Å². The van der Waals surface area contributed by atoms with E-state index in [4.69, 9.17) is 27.6 Å². The predicted octanol–water partition coefficient (Wildman–Crippen LogP) is 5.58. The normalized spacial score (nSPS) is 10.6. The summed E-state index contributed by atoms with van der Waals surface area (Å²) < 4.78 is 5.94. The van der Waals surface area contributed by atoms with Gasteiger partial charge in [-0.15, -0.1) is 11.3 Å². The second-order valence-corrected chi connectivity index (χ2v) is 7.00. The van der Waals surface area contributed by atoms with Crippen LogP contribution < -0.4 is 0 Å². The Kier molecular flexibility index (Phi) is 4.46. The standard InChI is InChI=1S/C19H10Cl2N2OS/c20-14-9-13(5-6-18-22-7-8-25-18)19-16(11-14)23-17(24-19)10-12-3-1-2-4-15(12)21/h1-4,7-9,11H,10H2. The van der Waals surface area contributed by atoms with Crippen molar-refractivity contribution in [3.8, 4) is 11.8 Å². The molecule has 2 aromatic carbocycles. The highest BCUT2D eigenvalue weighted by molar-refractivity contribution is 7.10. The molecular formula is C19H10Cl2N2OS. The summed E-state index contributed by atoms with van der Waals surface area (Å²) in [5.74, 6) is 6.66. The molecule has 4 rings (SSSR count). The van der Waals surface area contributed by atoms with Gasteiger partial charge in [-0.25, -0.2) is 9.97 Å². The lowest BCUT2D eigenvalue weighted by Crippen LogP contribution is -1.88. The van der Waals surface area contributed by atoms with Gasteiger partial charge in [0.15, 0.2) is 16.5 Å². The molecule has 0 fully saturated rings. The zero-order valence-electron chi connectivity index (χ0n) is 12.8. The number of hydrogen-bond acceptors (Lipinski definition) is 4. The van der Waals surface area contributed by atoms with Crippen LogP contribution in [-0.2, 0) is 6.42 Å². The molecule has 0 bridgehead atoms. The number of rotatable bonds is 2. The van der Waals surface area contributed by atoms with Gasteiger partial charge in [0.05, 0.1) is 12.0 Å². The van der Waals surface area contributed by atoms with Gasteiger partial charge in [0.25, 0.3) is 0 Å². The first-order valence-electron chi connectivity index (χ1n) is 7.43.